The Hall–Kier alpha value is -2.99. The number of hydrogen-bond acceptors (Lipinski definition) is 4. The van der Waals surface area contributed by atoms with E-state index in [9.17, 15) is 9.90 Å². The molecule has 0 saturated carbocycles. The van der Waals surface area contributed by atoms with E-state index >= 15 is 0 Å². The third-order valence-electron chi connectivity index (χ3n) is 4.12. The highest BCUT2D eigenvalue weighted by Gasteiger charge is 2.15. The molecule has 3 rings (SSSR count). The molecule has 0 saturated heterocycles. The first-order chi connectivity index (χ1) is 12.2. The van der Waals surface area contributed by atoms with Crippen molar-refractivity contribution in [3.8, 4) is 5.69 Å². The SMILES string of the molecule is CCc1ccc(C(CO)NC(=O)c2ccc(-n3cnnc3)cc2)cc1. The van der Waals surface area contributed by atoms with Crippen molar-refractivity contribution < 1.29 is 9.90 Å². The summed E-state index contributed by atoms with van der Waals surface area (Å²) in [5.74, 6) is -0.228. The van der Waals surface area contributed by atoms with Crippen LogP contribution >= 0.6 is 0 Å². The van der Waals surface area contributed by atoms with Crippen LogP contribution in [0.2, 0.25) is 0 Å². The third-order valence-corrected chi connectivity index (χ3v) is 4.12. The maximum Gasteiger partial charge on any atom is 0.251 e. The number of amides is 1. The Morgan fingerprint density at radius 2 is 1.72 bits per heavy atom. The van der Waals surface area contributed by atoms with Crippen molar-refractivity contribution in [1.29, 1.82) is 0 Å². The lowest BCUT2D eigenvalue weighted by molar-refractivity contribution is 0.0916. The predicted molar refractivity (Wildman–Crippen MR) is 94.5 cm³/mol. The smallest absolute Gasteiger partial charge is 0.251 e. The molecule has 3 aromatic rings. The van der Waals surface area contributed by atoms with Gasteiger partial charge in [-0.2, -0.15) is 0 Å². The largest absolute Gasteiger partial charge is 0.394 e. The second-order valence-electron chi connectivity index (χ2n) is 5.72. The summed E-state index contributed by atoms with van der Waals surface area (Å²) in [6.45, 7) is 1.93. The molecule has 0 aliphatic rings. The highest BCUT2D eigenvalue weighted by molar-refractivity contribution is 5.94. The second kappa shape index (κ2) is 7.72. The average Bonchev–Trinajstić information content (AvgIpc) is 3.21. The first-order valence-electron chi connectivity index (χ1n) is 8.17. The summed E-state index contributed by atoms with van der Waals surface area (Å²) in [6.07, 6.45) is 4.14. The van der Waals surface area contributed by atoms with Gasteiger partial charge < -0.3 is 10.4 Å². The molecule has 6 heteroatoms. The molecule has 1 atom stereocenters. The van der Waals surface area contributed by atoms with Crippen molar-refractivity contribution in [2.45, 2.75) is 19.4 Å². The number of aliphatic hydroxyl groups is 1. The van der Waals surface area contributed by atoms with Crippen molar-refractivity contribution in [3.05, 3.63) is 77.9 Å². The van der Waals surface area contributed by atoms with Crippen LogP contribution in [0.5, 0.6) is 0 Å². The van der Waals surface area contributed by atoms with Crippen LogP contribution in [-0.2, 0) is 6.42 Å². The minimum absolute atomic E-state index is 0.157. The van der Waals surface area contributed by atoms with Crippen molar-refractivity contribution in [1.82, 2.24) is 20.1 Å². The fourth-order valence-electron chi connectivity index (χ4n) is 2.58. The number of aliphatic hydroxyl groups excluding tert-OH is 1. The Kier molecular flexibility index (Phi) is 5.20. The van der Waals surface area contributed by atoms with Crippen LogP contribution in [-0.4, -0.2) is 32.4 Å². The lowest BCUT2D eigenvalue weighted by atomic mass is 10.0. The summed E-state index contributed by atoms with van der Waals surface area (Å²) in [5.41, 5.74) is 3.50. The van der Waals surface area contributed by atoms with Crippen molar-refractivity contribution in [3.63, 3.8) is 0 Å². The number of aryl methyl sites for hydroxylation is 1. The predicted octanol–water partition coefficient (Wildman–Crippen LogP) is 2.29. The number of nitrogens with zero attached hydrogens (tertiary/aromatic N) is 3. The zero-order valence-corrected chi connectivity index (χ0v) is 14.0. The van der Waals surface area contributed by atoms with Gasteiger partial charge in [-0.05, 0) is 41.8 Å². The lowest BCUT2D eigenvalue weighted by Gasteiger charge is -2.17. The summed E-state index contributed by atoms with van der Waals surface area (Å²) >= 11 is 0. The zero-order valence-electron chi connectivity index (χ0n) is 14.0. The summed E-state index contributed by atoms with van der Waals surface area (Å²) < 4.78 is 1.76. The molecular weight excluding hydrogens is 316 g/mol. The first-order valence-corrected chi connectivity index (χ1v) is 8.17. The van der Waals surface area contributed by atoms with E-state index in [2.05, 4.69) is 22.4 Å². The number of carbonyl (C=O) groups excluding carboxylic acids is 1. The Morgan fingerprint density at radius 1 is 1.08 bits per heavy atom. The van der Waals surface area contributed by atoms with E-state index in [-0.39, 0.29) is 12.5 Å². The maximum atomic E-state index is 12.5. The van der Waals surface area contributed by atoms with Gasteiger partial charge in [0.25, 0.3) is 5.91 Å². The Labute approximate surface area is 146 Å². The van der Waals surface area contributed by atoms with Gasteiger partial charge in [0.15, 0.2) is 0 Å². The standard InChI is InChI=1S/C19H20N4O2/c1-2-14-3-5-15(6-4-14)18(11-24)22-19(25)16-7-9-17(10-8-16)23-12-20-21-13-23/h3-10,12-13,18,24H,2,11H2,1H3,(H,22,25). The van der Waals surface area contributed by atoms with Crippen LogP contribution in [0.25, 0.3) is 5.69 Å². The molecule has 6 nitrogen and oxygen atoms in total. The molecule has 1 aromatic heterocycles. The molecule has 0 aliphatic heterocycles. The molecule has 0 spiro atoms. The Bertz CT molecular complexity index is 812. The van der Waals surface area contributed by atoms with E-state index in [1.807, 2.05) is 36.4 Å². The molecule has 2 N–H and O–H groups in total. The van der Waals surface area contributed by atoms with Gasteiger partial charge in [-0.1, -0.05) is 31.2 Å². The van der Waals surface area contributed by atoms with Crippen LogP contribution in [0, 0.1) is 0 Å². The fraction of sp³-hybridized carbons (Fsp3) is 0.211. The highest BCUT2D eigenvalue weighted by atomic mass is 16.3. The molecule has 1 heterocycles. The number of rotatable bonds is 6. The van der Waals surface area contributed by atoms with E-state index in [1.54, 1.807) is 29.4 Å². The topological polar surface area (TPSA) is 80.0 Å². The molecule has 2 aromatic carbocycles. The van der Waals surface area contributed by atoms with Crippen LogP contribution in [0.15, 0.2) is 61.2 Å². The monoisotopic (exact) mass is 336 g/mol. The maximum absolute atomic E-state index is 12.5. The summed E-state index contributed by atoms with van der Waals surface area (Å²) in [6, 6.07) is 14.6. The molecule has 25 heavy (non-hydrogen) atoms. The van der Waals surface area contributed by atoms with Gasteiger partial charge in [-0.3, -0.25) is 9.36 Å². The van der Waals surface area contributed by atoms with Gasteiger partial charge in [0.2, 0.25) is 0 Å². The Balaban J connectivity index is 1.71. The van der Waals surface area contributed by atoms with Gasteiger partial charge in [0, 0.05) is 11.3 Å². The number of aromatic nitrogens is 3. The van der Waals surface area contributed by atoms with E-state index in [0.717, 1.165) is 17.7 Å². The highest BCUT2D eigenvalue weighted by Crippen LogP contribution is 2.16. The zero-order chi connectivity index (χ0) is 17.6. The van der Waals surface area contributed by atoms with Gasteiger partial charge in [0.05, 0.1) is 12.6 Å². The second-order valence-corrected chi connectivity index (χ2v) is 5.72. The lowest BCUT2D eigenvalue weighted by Crippen LogP contribution is -2.30. The summed E-state index contributed by atoms with van der Waals surface area (Å²) in [7, 11) is 0. The van der Waals surface area contributed by atoms with Crippen LogP contribution in [0.1, 0.15) is 34.5 Å². The molecule has 0 bridgehead atoms. The minimum Gasteiger partial charge on any atom is -0.394 e. The molecule has 0 aliphatic carbocycles. The summed E-state index contributed by atoms with van der Waals surface area (Å²) in [5, 5.41) is 20.0. The molecule has 1 amide bonds. The number of nitrogens with one attached hydrogen (secondary N) is 1. The van der Waals surface area contributed by atoms with Crippen LogP contribution < -0.4 is 5.32 Å². The summed E-state index contributed by atoms with van der Waals surface area (Å²) in [4.78, 5) is 12.5. The van der Waals surface area contributed by atoms with Crippen LogP contribution in [0.3, 0.4) is 0 Å². The molecule has 1 unspecified atom stereocenters. The molecule has 128 valence electrons. The van der Waals surface area contributed by atoms with E-state index < -0.39 is 6.04 Å². The van der Waals surface area contributed by atoms with Crippen molar-refractivity contribution in [2.24, 2.45) is 0 Å². The van der Waals surface area contributed by atoms with Crippen molar-refractivity contribution >= 4 is 5.91 Å². The van der Waals surface area contributed by atoms with Gasteiger partial charge in [-0.15, -0.1) is 10.2 Å². The average molecular weight is 336 g/mol. The minimum atomic E-state index is -0.434. The normalized spacial score (nSPS) is 11.9. The molecule has 0 radical (unpaired) electrons. The third kappa shape index (κ3) is 3.92. The fourth-order valence-corrected chi connectivity index (χ4v) is 2.58. The van der Waals surface area contributed by atoms with Gasteiger partial charge in [-0.25, -0.2) is 0 Å². The number of hydrogen-bond donors (Lipinski definition) is 2. The van der Waals surface area contributed by atoms with Crippen molar-refractivity contribution in [2.75, 3.05) is 6.61 Å². The number of benzene rings is 2. The van der Waals surface area contributed by atoms with E-state index in [1.165, 1.54) is 5.56 Å². The van der Waals surface area contributed by atoms with E-state index in [0.29, 0.717) is 5.56 Å². The quantitative estimate of drug-likeness (QED) is 0.724. The Morgan fingerprint density at radius 3 is 2.28 bits per heavy atom. The molecule has 0 fully saturated rings. The van der Waals surface area contributed by atoms with E-state index in [4.69, 9.17) is 0 Å². The number of carbonyl (C=O) groups is 1. The molecular formula is C19H20N4O2. The van der Waals surface area contributed by atoms with Crippen LogP contribution in [0.4, 0.5) is 0 Å². The van der Waals surface area contributed by atoms with Gasteiger partial charge in [0.1, 0.15) is 12.7 Å². The van der Waals surface area contributed by atoms with Gasteiger partial charge >= 0.3 is 0 Å². The first kappa shape index (κ1) is 16.9.